The molecule has 9 nitrogen and oxygen atoms in total. The van der Waals surface area contributed by atoms with Gasteiger partial charge < -0.3 is 5.32 Å². The molecule has 0 radical (unpaired) electrons. The molecule has 0 aliphatic rings. The number of carbonyl (C=O) groups excluding carboxylic acids is 1. The molecular weight excluding hydrogens is 416 g/mol. The van der Waals surface area contributed by atoms with Crippen LogP contribution in [0.4, 0.5) is 5.69 Å². The lowest BCUT2D eigenvalue weighted by Gasteiger charge is -2.13. The fourth-order valence-corrected chi connectivity index (χ4v) is 3.62. The van der Waals surface area contributed by atoms with Crippen molar-refractivity contribution in [2.45, 2.75) is 18.4 Å². The van der Waals surface area contributed by atoms with Crippen molar-refractivity contribution in [3.63, 3.8) is 0 Å². The number of aryl methyl sites for hydroxylation is 1. The monoisotopic (exact) mass is 434 g/mol. The Kier molecular flexibility index (Phi) is 5.96. The summed E-state index contributed by atoms with van der Waals surface area (Å²) in [6, 6.07) is 11.7. The van der Waals surface area contributed by atoms with E-state index in [0.717, 1.165) is 20.2 Å². The number of nitrogens with one attached hydrogen (secondary N) is 1. The van der Waals surface area contributed by atoms with Gasteiger partial charge in [-0.1, -0.05) is 35.9 Å². The first-order valence-corrected chi connectivity index (χ1v) is 10.4. The van der Waals surface area contributed by atoms with Crippen molar-refractivity contribution in [3.8, 4) is 11.4 Å². The predicted molar refractivity (Wildman–Crippen MR) is 109 cm³/mol. The lowest BCUT2D eigenvalue weighted by Crippen LogP contribution is -2.23. The van der Waals surface area contributed by atoms with E-state index in [-0.39, 0.29) is 22.2 Å². The normalized spacial score (nSPS) is 11.6. The van der Waals surface area contributed by atoms with Gasteiger partial charge in [0, 0.05) is 19.7 Å². The van der Waals surface area contributed by atoms with E-state index < -0.39 is 15.9 Å². The molecule has 3 rings (SSSR count). The molecule has 0 fully saturated rings. The zero-order valence-corrected chi connectivity index (χ0v) is 17.6. The number of tetrazole rings is 1. The molecule has 1 amide bonds. The zero-order valence-electron chi connectivity index (χ0n) is 16.0. The molecule has 1 N–H and O–H groups in total. The van der Waals surface area contributed by atoms with Gasteiger partial charge in [0.2, 0.25) is 21.8 Å². The van der Waals surface area contributed by atoms with Gasteiger partial charge in [0.25, 0.3) is 0 Å². The standard InChI is InChI=1S/C18H19ClN6O3S/c1-12-6-4-5-7-14(12)18-21-23-25(22-18)11-17(26)20-16-10-13(8-9-15(16)19)29(27,28)24(2)3/h4-10H,11H2,1-3H3,(H,20,26). The molecule has 11 heteroatoms. The first kappa shape index (κ1) is 20.9. The quantitative estimate of drug-likeness (QED) is 0.636. The van der Waals surface area contributed by atoms with Crippen molar-refractivity contribution in [3.05, 3.63) is 53.1 Å². The van der Waals surface area contributed by atoms with E-state index in [1.807, 2.05) is 31.2 Å². The van der Waals surface area contributed by atoms with Crippen LogP contribution in [-0.2, 0) is 21.4 Å². The van der Waals surface area contributed by atoms with Crippen LogP contribution < -0.4 is 5.32 Å². The summed E-state index contributed by atoms with van der Waals surface area (Å²) in [4.78, 5) is 13.6. The maximum atomic E-state index is 12.4. The highest BCUT2D eigenvalue weighted by atomic mass is 35.5. The van der Waals surface area contributed by atoms with Gasteiger partial charge in [-0.15, -0.1) is 10.2 Å². The molecule has 3 aromatic rings. The Morgan fingerprint density at radius 1 is 1.21 bits per heavy atom. The summed E-state index contributed by atoms with van der Waals surface area (Å²) >= 11 is 6.10. The molecule has 0 aliphatic carbocycles. The van der Waals surface area contributed by atoms with E-state index in [9.17, 15) is 13.2 Å². The van der Waals surface area contributed by atoms with Crippen LogP contribution in [0.1, 0.15) is 5.56 Å². The van der Waals surface area contributed by atoms with Gasteiger partial charge >= 0.3 is 0 Å². The Morgan fingerprint density at radius 3 is 2.62 bits per heavy atom. The third-order valence-electron chi connectivity index (χ3n) is 4.11. The summed E-state index contributed by atoms with van der Waals surface area (Å²) in [7, 11) is -0.816. The summed E-state index contributed by atoms with van der Waals surface area (Å²) in [5.41, 5.74) is 1.99. The van der Waals surface area contributed by atoms with Gasteiger partial charge in [0.15, 0.2) is 0 Å². The van der Waals surface area contributed by atoms with Crippen molar-refractivity contribution >= 4 is 33.2 Å². The number of sulfonamides is 1. The highest BCUT2D eigenvalue weighted by molar-refractivity contribution is 7.89. The molecule has 0 atom stereocenters. The van der Waals surface area contributed by atoms with E-state index >= 15 is 0 Å². The molecule has 29 heavy (non-hydrogen) atoms. The smallest absolute Gasteiger partial charge is 0.248 e. The van der Waals surface area contributed by atoms with E-state index in [2.05, 4.69) is 20.7 Å². The zero-order chi connectivity index (χ0) is 21.2. The van der Waals surface area contributed by atoms with Gasteiger partial charge in [0.1, 0.15) is 6.54 Å². The minimum atomic E-state index is -3.66. The maximum Gasteiger partial charge on any atom is 0.248 e. The van der Waals surface area contributed by atoms with Crippen molar-refractivity contribution in [1.29, 1.82) is 0 Å². The number of benzene rings is 2. The van der Waals surface area contributed by atoms with E-state index in [1.54, 1.807) is 0 Å². The van der Waals surface area contributed by atoms with Crippen LogP contribution in [0, 0.1) is 6.92 Å². The second kappa shape index (κ2) is 8.27. The number of anilines is 1. The molecule has 0 bridgehead atoms. The summed E-state index contributed by atoms with van der Waals surface area (Å²) in [5, 5.41) is 14.9. The summed E-state index contributed by atoms with van der Waals surface area (Å²) < 4.78 is 25.6. The highest BCUT2D eigenvalue weighted by Crippen LogP contribution is 2.26. The van der Waals surface area contributed by atoms with Crippen LogP contribution in [0.3, 0.4) is 0 Å². The fourth-order valence-electron chi connectivity index (χ4n) is 2.53. The van der Waals surface area contributed by atoms with E-state index in [1.165, 1.54) is 32.3 Å². The molecule has 1 aromatic heterocycles. The van der Waals surface area contributed by atoms with Crippen LogP contribution >= 0.6 is 11.6 Å². The summed E-state index contributed by atoms with van der Waals surface area (Å²) in [6.45, 7) is 1.72. The van der Waals surface area contributed by atoms with E-state index in [0.29, 0.717) is 5.82 Å². The fraction of sp³-hybridized carbons (Fsp3) is 0.222. The van der Waals surface area contributed by atoms with Gasteiger partial charge in [-0.05, 0) is 35.9 Å². The molecule has 0 saturated heterocycles. The summed E-state index contributed by atoms with van der Waals surface area (Å²) in [5.74, 6) is -0.0620. The van der Waals surface area contributed by atoms with Crippen molar-refractivity contribution in [2.24, 2.45) is 0 Å². The number of halogens is 1. The maximum absolute atomic E-state index is 12.4. The largest absolute Gasteiger partial charge is 0.323 e. The Balaban J connectivity index is 1.76. The third kappa shape index (κ3) is 4.61. The van der Waals surface area contributed by atoms with E-state index in [4.69, 9.17) is 11.6 Å². The molecule has 0 aliphatic heterocycles. The van der Waals surface area contributed by atoms with Crippen LogP contribution in [0.2, 0.25) is 5.02 Å². The molecule has 152 valence electrons. The Hall–Kier alpha value is -2.82. The van der Waals surface area contributed by atoms with Gasteiger partial charge in [-0.2, -0.15) is 4.80 Å². The molecule has 0 saturated carbocycles. The predicted octanol–water partition coefficient (Wildman–Crippen LogP) is 2.19. The minimum Gasteiger partial charge on any atom is -0.323 e. The molecule has 2 aromatic carbocycles. The van der Waals surface area contributed by atoms with Crippen LogP contribution in [0.25, 0.3) is 11.4 Å². The van der Waals surface area contributed by atoms with Crippen molar-refractivity contribution in [1.82, 2.24) is 24.5 Å². The second-order valence-electron chi connectivity index (χ2n) is 6.44. The first-order valence-electron chi connectivity index (χ1n) is 8.54. The second-order valence-corrected chi connectivity index (χ2v) is 8.99. The molecule has 0 unspecified atom stereocenters. The number of rotatable bonds is 6. The Labute approximate surface area is 173 Å². The molecule has 0 spiro atoms. The number of carbonyl (C=O) groups is 1. The number of hydrogen-bond donors (Lipinski definition) is 1. The van der Waals surface area contributed by atoms with Gasteiger partial charge in [-0.25, -0.2) is 12.7 Å². The molecule has 1 heterocycles. The van der Waals surface area contributed by atoms with Crippen LogP contribution in [0.15, 0.2) is 47.4 Å². The van der Waals surface area contributed by atoms with Crippen molar-refractivity contribution < 1.29 is 13.2 Å². The highest BCUT2D eigenvalue weighted by Gasteiger charge is 2.19. The number of hydrogen-bond acceptors (Lipinski definition) is 6. The topological polar surface area (TPSA) is 110 Å². The van der Waals surface area contributed by atoms with Crippen LogP contribution in [-0.4, -0.2) is 52.9 Å². The number of aromatic nitrogens is 4. The van der Waals surface area contributed by atoms with Crippen molar-refractivity contribution in [2.75, 3.05) is 19.4 Å². The lowest BCUT2D eigenvalue weighted by atomic mass is 10.1. The number of nitrogens with zero attached hydrogens (tertiary/aromatic N) is 5. The third-order valence-corrected chi connectivity index (χ3v) is 6.26. The minimum absolute atomic E-state index is 0.0166. The average molecular weight is 435 g/mol. The summed E-state index contributed by atoms with van der Waals surface area (Å²) in [6.07, 6.45) is 0. The van der Waals surface area contributed by atoms with Gasteiger partial charge in [0.05, 0.1) is 15.6 Å². The van der Waals surface area contributed by atoms with Gasteiger partial charge in [-0.3, -0.25) is 4.79 Å². The Bertz CT molecular complexity index is 1160. The molecular formula is C18H19ClN6O3S. The number of amides is 1. The Morgan fingerprint density at radius 2 is 1.93 bits per heavy atom. The van der Waals surface area contributed by atoms with Crippen LogP contribution in [0.5, 0.6) is 0 Å². The average Bonchev–Trinajstić information content (AvgIpc) is 3.11. The lowest BCUT2D eigenvalue weighted by molar-refractivity contribution is -0.117. The SMILES string of the molecule is Cc1ccccc1-c1nnn(CC(=O)Nc2cc(S(=O)(=O)N(C)C)ccc2Cl)n1. The first-order chi connectivity index (χ1) is 13.7.